The summed E-state index contributed by atoms with van der Waals surface area (Å²) >= 11 is 0. The lowest BCUT2D eigenvalue weighted by atomic mass is 9.48. The molecule has 8 aliphatic rings. The van der Waals surface area contributed by atoms with E-state index in [0.29, 0.717) is 71.1 Å². The monoisotopic (exact) mass is 612 g/mol. The van der Waals surface area contributed by atoms with E-state index in [9.17, 15) is 38.2 Å². The van der Waals surface area contributed by atoms with E-state index >= 15 is 0 Å². The molecule has 0 amide bonds. The molecule has 8 fully saturated rings. The molecule has 0 saturated heterocycles. The molecule has 10 nitrogen and oxygen atoms in total. The van der Waals surface area contributed by atoms with E-state index in [1.165, 1.54) is 0 Å². The van der Waals surface area contributed by atoms with Crippen LogP contribution in [0.4, 0.5) is 8.78 Å². The first-order valence-corrected chi connectivity index (χ1v) is 15.6. The van der Waals surface area contributed by atoms with Crippen LogP contribution in [0.2, 0.25) is 0 Å². The number of alkyl halides is 2. The van der Waals surface area contributed by atoms with Crippen molar-refractivity contribution in [3.8, 4) is 0 Å². The van der Waals surface area contributed by atoms with Crippen molar-refractivity contribution in [2.24, 2.45) is 34.5 Å². The number of esters is 4. The summed E-state index contributed by atoms with van der Waals surface area (Å²) in [7, 11) is 0. The van der Waals surface area contributed by atoms with Crippen molar-refractivity contribution in [2.45, 2.75) is 114 Å². The summed E-state index contributed by atoms with van der Waals surface area (Å²) < 4.78 is 47.3. The molecule has 43 heavy (non-hydrogen) atoms. The van der Waals surface area contributed by atoms with E-state index in [2.05, 4.69) is 4.74 Å². The molecule has 0 aliphatic heterocycles. The predicted octanol–water partition coefficient (Wildman–Crippen LogP) is 3.24. The molecule has 0 aromatic heterocycles. The summed E-state index contributed by atoms with van der Waals surface area (Å²) in [6.07, 6.45) is 6.92. The van der Waals surface area contributed by atoms with Gasteiger partial charge in [-0.25, -0.2) is 9.59 Å². The molecule has 5 atom stereocenters. The van der Waals surface area contributed by atoms with Crippen molar-refractivity contribution in [3.05, 3.63) is 0 Å². The van der Waals surface area contributed by atoms with Gasteiger partial charge >= 0.3 is 29.8 Å². The SMILES string of the molecule is CC(F)(F)C(=O)OCC(=O)OC(CCOC(=O)C12CC3CC(CC(O)(C3)C1)C2)COC(=O)C12CC3CC(CC(O)(C3)C1)C2. The molecule has 5 unspecified atom stereocenters. The van der Waals surface area contributed by atoms with Gasteiger partial charge in [0.05, 0.1) is 28.6 Å². The van der Waals surface area contributed by atoms with Crippen molar-refractivity contribution in [1.82, 2.24) is 0 Å². The Balaban J connectivity index is 1.06. The van der Waals surface area contributed by atoms with Crippen LogP contribution < -0.4 is 0 Å². The van der Waals surface area contributed by atoms with E-state index < -0.39 is 64.5 Å². The second kappa shape index (κ2) is 10.6. The smallest absolute Gasteiger partial charge is 0.377 e. The van der Waals surface area contributed by atoms with Crippen LogP contribution in [-0.2, 0) is 38.1 Å². The molecule has 8 aliphatic carbocycles. The van der Waals surface area contributed by atoms with Crippen LogP contribution in [0.1, 0.15) is 90.4 Å². The molecule has 0 spiro atoms. The topological polar surface area (TPSA) is 146 Å². The van der Waals surface area contributed by atoms with Crippen LogP contribution in [0, 0.1) is 34.5 Å². The van der Waals surface area contributed by atoms with Gasteiger partial charge in [0, 0.05) is 13.3 Å². The second-order valence-corrected chi connectivity index (χ2v) is 15.0. The normalized spacial score (nSPS) is 41.0. The third kappa shape index (κ3) is 6.15. The van der Waals surface area contributed by atoms with E-state index in [1.807, 2.05) is 0 Å². The fourth-order valence-corrected chi connectivity index (χ4v) is 10.3. The molecule has 8 saturated carbocycles. The van der Waals surface area contributed by atoms with Gasteiger partial charge in [-0.2, -0.15) is 8.78 Å². The molecule has 2 N–H and O–H groups in total. The zero-order valence-electron chi connectivity index (χ0n) is 24.6. The maximum absolute atomic E-state index is 13.4. The van der Waals surface area contributed by atoms with Gasteiger partial charge < -0.3 is 29.2 Å². The third-order valence-corrected chi connectivity index (χ3v) is 11.0. The third-order valence-electron chi connectivity index (χ3n) is 11.0. The van der Waals surface area contributed by atoms with Crippen molar-refractivity contribution in [3.63, 3.8) is 0 Å². The van der Waals surface area contributed by atoms with E-state index in [1.54, 1.807) is 0 Å². The van der Waals surface area contributed by atoms with Gasteiger partial charge in [0.1, 0.15) is 12.7 Å². The van der Waals surface area contributed by atoms with Gasteiger partial charge in [0.2, 0.25) is 0 Å². The number of halogens is 2. The minimum atomic E-state index is -3.78. The van der Waals surface area contributed by atoms with Gasteiger partial charge in [0.25, 0.3) is 0 Å². The highest BCUT2D eigenvalue weighted by Crippen LogP contribution is 2.63. The van der Waals surface area contributed by atoms with Gasteiger partial charge in [-0.3, -0.25) is 9.59 Å². The summed E-state index contributed by atoms with van der Waals surface area (Å²) in [5.41, 5.74) is -3.26. The molecule has 0 aromatic carbocycles. The molecular weight excluding hydrogens is 570 g/mol. The fraction of sp³-hybridized carbons (Fsp3) is 0.871. The number of aliphatic hydroxyl groups is 2. The van der Waals surface area contributed by atoms with E-state index in [-0.39, 0.29) is 43.3 Å². The maximum Gasteiger partial charge on any atom is 0.377 e. The second-order valence-electron chi connectivity index (χ2n) is 15.0. The zero-order valence-corrected chi connectivity index (χ0v) is 24.6. The fourth-order valence-electron chi connectivity index (χ4n) is 10.3. The van der Waals surface area contributed by atoms with Crippen LogP contribution >= 0.6 is 0 Å². The lowest BCUT2D eigenvalue weighted by Crippen LogP contribution is -2.58. The Morgan fingerprint density at radius 3 is 1.67 bits per heavy atom. The number of carbonyl (C=O) groups excluding carboxylic acids is 4. The highest BCUT2D eigenvalue weighted by molar-refractivity contribution is 5.81. The lowest BCUT2D eigenvalue weighted by Gasteiger charge is -2.58. The largest absolute Gasteiger partial charge is 0.465 e. The van der Waals surface area contributed by atoms with Crippen LogP contribution in [0.25, 0.3) is 0 Å². The molecule has 240 valence electrons. The van der Waals surface area contributed by atoms with Crippen molar-refractivity contribution >= 4 is 23.9 Å². The number of hydrogen-bond acceptors (Lipinski definition) is 10. The number of rotatable bonds is 11. The standard InChI is InChI=1S/C31H42F2O10/c1-27(32,33)24(35)42-15-23(34)43-22(14-41-26(37)29-8-20-5-21(9-29)13-31(39,12-20)17-29)2-3-40-25(36)28-6-18-4-19(7-28)11-30(38,10-18)16-28/h18-22,38-39H,2-17H2,1H3. The quantitative estimate of drug-likeness (QED) is 0.263. The Bertz CT molecular complexity index is 1140. The van der Waals surface area contributed by atoms with Crippen LogP contribution in [-0.4, -0.2) is 77.1 Å². The van der Waals surface area contributed by atoms with Gasteiger partial charge in [-0.05, 0) is 101 Å². The Kier molecular flexibility index (Phi) is 7.59. The number of carbonyl (C=O) groups is 4. The van der Waals surface area contributed by atoms with Crippen molar-refractivity contribution < 1.29 is 57.1 Å². The molecule has 8 bridgehead atoms. The van der Waals surface area contributed by atoms with Crippen LogP contribution in [0.15, 0.2) is 0 Å². The molecule has 12 heteroatoms. The average molecular weight is 613 g/mol. The summed E-state index contributed by atoms with van der Waals surface area (Å²) in [5, 5.41) is 22.0. The van der Waals surface area contributed by atoms with Crippen molar-refractivity contribution in [1.29, 1.82) is 0 Å². The lowest BCUT2D eigenvalue weighted by molar-refractivity contribution is -0.201. The summed E-state index contributed by atoms with van der Waals surface area (Å²) in [6.45, 7) is -1.24. The van der Waals surface area contributed by atoms with Gasteiger partial charge in [0.15, 0.2) is 6.61 Å². The Morgan fingerprint density at radius 1 is 0.767 bits per heavy atom. The Hall–Kier alpha value is -2.34. The molecule has 0 aromatic rings. The molecule has 0 radical (unpaired) electrons. The number of ether oxygens (including phenoxy) is 4. The Morgan fingerprint density at radius 2 is 1.23 bits per heavy atom. The van der Waals surface area contributed by atoms with Gasteiger partial charge in [-0.15, -0.1) is 0 Å². The highest BCUT2D eigenvalue weighted by atomic mass is 19.3. The first-order chi connectivity index (χ1) is 20.1. The minimum Gasteiger partial charge on any atom is -0.465 e. The summed E-state index contributed by atoms with van der Waals surface area (Å²) in [5.74, 6) is -6.58. The van der Waals surface area contributed by atoms with E-state index in [0.717, 1.165) is 12.8 Å². The van der Waals surface area contributed by atoms with Gasteiger partial charge in [-0.1, -0.05) is 0 Å². The molecular formula is C31H42F2O10. The van der Waals surface area contributed by atoms with Crippen LogP contribution in [0.5, 0.6) is 0 Å². The summed E-state index contributed by atoms with van der Waals surface area (Å²) in [4.78, 5) is 50.5. The predicted molar refractivity (Wildman–Crippen MR) is 142 cm³/mol. The molecule has 8 rings (SSSR count). The molecule has 0 heterocycles. The minimum absolute atomic E-state index is 0.0436. The van der Waals surface area contributed by atoms with E-state index in [4.69, 9.17) is 14.2 Å². The van der Waals surface area contributed by atoms with Crippen LogP contribution in [0.3, 0.4) is 0 Å². The first kappa shape index (κ1) is 30.7. The maximum atomic E-state index is 13.4. The average Bonchev–Trinajstić information content (AvgIpc) is 2.86. The van der Waals surface area contributed by atoms with Crippen molar-refractivity contribution in [2.75, 3.05) is 19.8 Å². The Labute approximate surface area is 249 Å². The zero-order chi connectivity index (χ0) is 30.8. The number of hydrogen-bond donors (Lipinski definition) is 2. The first-order valence-electron chi connectivity index (χ1n) is 15.6. The highest BCUT2D eigenvalue weighted by Gasteiger charge is 2.62. The summed E-state index contributed by atoms with van der Waals surface area (Å²) in [6, 6.07) is 0.